The highest BCUT2D eigenvalue weighted by Gasteiger charge is 2.45. The van der Waals surface area contributed by atoms with Gasteiger partial charge in [-0.05, 0) is 68.9 Å². The molecule has 0 saturated heterocycles. The second kappa shape index (κ2) is 16.1. The summed E-state index contributed by atoms with van der Waals surface area (Å²) in [7, 11) is 0. The van der Waals surface area contributed by atoms with E-state index in [1.165, 1.54) is 0 Å². The molecule has 10 heteroatoms. The van der Waals surface area contributed by atoms with E-state index in [0.717, 1.165) is 18.4 Å². The molecule has 3 N–H and O–H groups in total. The van der Waals surface area contributed by atoms with Gasteiger partial charge in [0.2, 0.25) is 5.91 Å². The lowest BCUT2D eigenvalue weighted by atomic mass is 9.89. The largest absolute Gasteiger partial charge is 0.458 e. The van der Waals surface area contributed by atoms with E-state index in [2.05, 4.69) is 10.2 Å². The number of allylic oxidation sites excluding steroid dienone is 2. The number of aryl methyl sites for hydroxylation is 1. The van der Waals surface area contributed by atoms with Crippen molar-refractivity contribution >= 4 is 11.9 Å². The van der Waals surface area contributed by atoms with Crippen LogP contribution in [0.5, 0.6) is 0 Å². The van der Waals surface area contributed by atoms with E-state index in [1.54, 1.807) is 6.08 Å². The van der Waals surface area contributed by atoms with E-state index < -0.39 is 35.3 Å². The second-order valence-corrected chi connectivity index (χ2v) is 10.7. The molecule has 1 aromatic rings. The Kier molecular flexibility index (Phi) is 12.6. The number of esters is 1. The van der Waals surface area contributed by atoms with Crippen LogP contribution in [0.25, 0.3) is 0 Å². The summed E-state index contributed by atoms with van der Waals surface area (Å²) in [6.07, 6.45) is 10.3. The summed E-state index contributed by atoms with van der Waals surface area (Å²) in [4.78, 5) is 39.2. The van der Waals surface area contributed by atoms with Gasteiger partial charge in [0.25, 0.3) is 5.09 Å². The highest BCUT2D eigenvalue weighted by molar-refractivity contribution is 5.76. The quantitative estimate of drug-likeness (QED) is 0.0865. The number of aliphatic hydroxyl groups excluding tert-OH is 2. The summed E-state index contributed by atoms with van der Waals surface area (Å²) in [5.74, 6) is -1.48. The fourth-order valence-corrected chi connectivity index (χ4v) is 5.26. The molecule has 0 aliphatic heterocycles. The van der Waals surface area contributed by atoms with E-state index >= 15 is 0 Å². The molecule has 0 heterocycles. The Morgan fingerprint density at radius 3 is 2.67 bits per heavy atom. The summed E-state index contributed by atoms with van der Waals surface area (Å²) in [6.45, 7) is 2.39. The Bertz CT molecular complexity index is 1010. The number of nitrogens with zero attached hydrogens (tertiary/aromatic N) is 1. The Labute approximate surface area is 235 Å². The number of rotatable bonds is 17. The van der Waals surface area contributed by atoms with Gasteiger partial charge in [-0.1, -0.05) is 48.6 Å². The molecular weight excluding hydrogens is 516 g/mol. The fraction of sp³-hybridized carbons (Fsp3) is 0.600. The number of aliphatic hydroxyl groups is 2. The highest BCUT2D eigenvalue weighted by Crippen LogP contribution is 2.40. The third-order valence-corrected chi connectivity index (χ3v) is 7.63. The minimum atomic E-state index is -0.856. The summed E-state index contributed by atoms with van der Waals surface area (Å²) in [5, 5.41) is 33.6. The molecule has 7 atom stereocenters. The van der Waals surface area contributed by atoms with Crippen LogP contribution in [-0.2, 0) is 25.6 Å². The number of nitrogens with one attached hydrogen (secondary N) is 1. The van der Waals surface area contributed by atoms with Crippen molar-refractivity contribution in [2.24, 2.45) is 23.7 Å². The lowest BCUT2D eigenvalue weighted by Gasteiger charge is -2.21. The summed E-state index contributed by atoms with van der Waals surface area (Å²) in [5.41, 5.74) is 1.10. The first-order chi connectivity index (χ1) is 19.3. The molecule has 3 rings (SSSR count). The van der Waals surface area contributed by atoms with Crippen LogP contribution in [-0.4, -0.2) is 58.6 Å². The van der Waals surface area contributed by atoms with Gasteiger partial charge >= 0.3 is 5.97 Å². The van der Waals surface area contributed by atoms with E-state index in [1.807, 2.05) is 55.5 Å². The highest BCUT2D eigenvalue weighted by atomic mass is 16.9. The number of unbranched alkanes of at least 4 members (excludes halogenated alkanes) is 1. The first-order valence-electron chi connectivity index (χ1n) is 14.3. The zero-order chi connectivity index (χ0) is 28.9. The molecule has 1 amide bonds. The SMILES string of the molecule is CCNC(=O)CCC/C=C\C[C@@H]1[C@@H](/C=C/[C@H](CCc2ccccc2)OC(=O)C2CC2CO[N+](=O)[O-])[C@H](O)C[C@@H]1O. The minimum Gasteiger partial charge on any atom is -0.458 e. The number of carbonyl (C=O) groups excluding carboxylic acids is 2. The predicted octanol–water partition coefficient (Wildman–Crippen LogP) is 3.54. The number of hydrogen-bond acceptors (Lipinski definition) is 8. The molecule has 10 nitrogen and oxygen atoms in total. The maximum Gasteiger partial charge on any atom is 0.309 e. The van der Waals surface area contributed by atoms with Crippen molar-refractivity contribution < 1.29 is 34.5 Å². The number of hydrogen-bond donors (Lipinski definition) is 3. The molecule has 40 heavy (non-hydrogen) atoms. The van der Waals surface area contributed by atoms with Crippen molar-refractivity contribution in [2.45, 2.75) is 76.6 Å². The lowest BCUT2D eigenvalue weighted by molar-refractivity contribution is -0.758. The third-order valence-electron chi connectivity index (χ3n) is 7.63. The summed E-state index contributed by atoms with van der Waals surface area (Å²) < 4.78 is 5.81. The van der Waals surface area contributed by atoms with Crippen LogP contribution in [0.4, 0.5) is 0 Å². The van der Waals surface area contributed by atoms with Crippen LogP contribution < -0.4 is 5.32 Å². The van der Waals surface area contributed by atoms with Gasteiger partial charge in [-0.3, -0.25) is 9.59 Å². The van der Waals surface area contributed by atoms with Gasteiger partial charge in [-0.15, -0.1) is 10.1 Å². The fourth-order valence-electron chi connectivity index (χ4n) is 5.26. The average molecular weight is 559 g/mol. The monoisotopic (exact) mass is 558 g/mol. The van der Waals surface area contributed by atoms with Crippen molar-refractivity contribution in [3.8, 4) is 0 Å². The number of benzene rings is 1. The maximum absolute atomic E-state index is 12.8. The van der Waals surface area contributed by atoms with Gasteiger partial charge in [0.05, 0.1) is 18.1 Å². The molecule has 2 aliphatic carbocycles. The van der Waals surface area contributed by atoms with Gasteiger partial charge in [0, 0.05) is 25.3 Å². The van der Waals surface area contributed by atoms with Crippen molar-refractivity contribution in [1.82, 2.24) is 5.32 Å². The number of carbonyl (C=O) groups is 2. The van der Waals surface area contributed by atoms with Crippen LogP contribution in [0.2, 0.25) is 0 Å². The lowest BCUT2D eigenvalue weighted by Crippen LogP contribution is -2.22. The second-order valence-electron chi connectivity index (χ2n) is 10.7. The number of amides is 1. The standard InChI is InChI=1S/C30H42N2O8/c1-2-31-29(35)13-9-4-3-8-12-24-25(28(34)19-27(24)33)17-16-23(15-14-21-10-6-5-7-11-21)40-30(36)26-18-22(26)20-39-32(37)38/h3,5-8,10-11,16-17,22-28,33-34H,2,4,9,12-15,18-20H2,1H3,(H,31,35)/b8-3-,17-16+/t22?,23-,24+,25+,26?,27-,28+/m0/s1. The minimum absolute atomic E-state index is 0.0417. The van der Waals surface area contributed by atoms with Crippen molar-refractivity contribution in [2.75, 3.05) is 13.2 Å². The summed E-state index contributed by atoms with van der Waals surface area (Å²) in [6, 6.07) is 9.84. The molecule has 2 fully saturated rings. The molecule has 2 unspecified atom stereocenters. The molecule has 0 radical (unpaired) electrons. The average Bonchev–Trinajstić information content (AvgIpc) is 3.66. The van der Waals surface area contributed by atoms with Gasteiger partial charge in [0.1, 0.15) is 12.7 Å². The molecule has 220 valence electrons. The molecule has 1 aromatic carbocycles. The van der Waals surface area contributed by atoms with E-state index in [4.69, 9.17) is 4.74 Å². The van der Waals surface area contributed by atoms with E-state index in [-0.39, 0.29) is 36.7 Å². The summed E-state index contributed by atoms with van der Waals surface area (Å²) >= 11 is 0. The molecule has 0 spiro atoms. The van der Waals surface area contributed by atoms with Gasteiger partial charge < -0.3 is 25.1 Å². The van der Waals surface area contributed by atoms with Crippen molar-refractivity contribution in [3.05, 3.63) is 70.3 Å². The first-order valence-corrected chi connectivity index (χ1v) is 14.3. The molecule has 2 aliphatic rings. The molecule has 0 aromatic heterocycles. The van der Waals surface area contributed by atoms with Crippen LogP contribution in [0.3, 0.4) is 0 Å². The van der Waals surface area contributed by atoms with Crippen molar-refractivity contribution in [1.29, 1.82) is 0 Å². The van der Waals surface area contributed by atoms with Gasteiger partial charge in [0.15, 0.2) is 0 Å². The Morgan fingerprint density at radius 2 is 1.95 bits per heavy atom. The van der Waals surface area contributed by atoms with Gasteiger partial charge in [-0.25, -0.2) is 0 Å². The smallest absolute Gasteiger partial charge is 0.309 e. The Morgan fingerprint density at radius 1 is 1.18 bits per heavy atom. The van der Waals surface area contributed by atoms with Gasteiger partial charge in [-0.2, -0.15) is 0 Å². The number of ether oxygens (including phenoxy) is 1. The predicted molar refractivity (Wildman–Crippen MR) is 148 cm³/mol. The maximum atomic E-state index is 12.8. The third kappa shape index (κ3) is 10.4. The zero-order valence-corrected chi connectivity index (χ0v) is 23.1. The van der Waals surface area contributed by atoms with Crippen molar-refractivity contribution in [3.63, 3.8) is 0 Å². The molecule has 2 saturated carbocycles. The first kappa shape index (κ1) is 31.3. The Balaban J connectivity index is 1.58. The van der Waals surface area contributed by atoms with Crippen LogP contribution in [0, 0.1) is 33.8 Å². The van der Waals surface area contributed by atoms with Crippen LogP contribution in [0.15, 0.2) is 54.6 Å². The molecule has 0 bridgehead atoms. The van der Waals surface area contributed by atoms with Crippen LogP contribution in [0.1, 0.15) is 57.4 Å². The Hall–Kier alpha value is -3.24. The topological polar surface area (TPSA) is 148 Å². The van der Waals surface area contributed by atoms with E-state index in [9.17, 15) is 29.9 Å². The normalized spacial score (nSPS) is 26.6. The zero-order valence-electron chi connectivity index (χ0n) is 23.1. The van der Waals surface area contributed by atoms with E-state index in [0.29, 0.717) is 38.6 Å². The molecular formula is C30H42N2O8. The van der Waals surface area contributed by atoms with Crippen LogP contribution >= 0.6 is 0 Å².